The van der Waals surface area contributed by atoms with Crippen molar-refractivity contribution in [3.63, 3.8) is 0 Å². The minimum absolute atomic E-state index is 0.0661. The molecule has 5 heteroatoms. The van der Waals surface area contributed by atoms with E-state index in [1.165, 1.54) is 18.2 Å². The molecule has 0 saturated heterocycles. The van der Waals surface area contributed by atoms with Crippen molar-refractivity contribution in [1.29, 1.82) is 0 Å². The molecule has 1 aromatic rings. The first-order valence-electron chi connectivity index (χ1n) is 5.36. The third-order valence-corrected chi connectivity index (χ3v) is 2.17. The van der Waals surface area contributed by atoms with Crippen molar-refractivity contribution in [3.8, 4) is 5.75 Å². The van der Waals surface area contributed by atoms with Gasteiger partial charge >= 0.3 is 5.97 Å². The van der Waals surface area contributed by atoms with E-state index in [9.17, 15) is 14.7 Å². The van der Waals surface area contributed by atoms with Crippen LogP contribution in [0.1, 0.15) is 25.3 Å². The fraction of sp³-hybridized carbons (Fsp3) is 0.333. The van der Waals surface area contributed by atoms with Crippen LogP contribution < -0.4 is 5.32 Å². The average molecular weight is 237 g/mol. The number of amides is 1. The van der Waals surface area contributed by atoms with E-state index in [-0.39, 0.29) is 23.8 Å². The van der Waals surface area contributed by atoms with Gasteiger partial charge in [-0.25, -0.2) is 0 Å². The molecule has 0 saturated carbocycles. The van der Waals surface area contributed by atoms with Crippen molar-refractivity contribution in [2.45, 2.75) is 26.2 Å². The number of aromatic hydroxyl groups is 1. The predicted molar refractivity (Wildman–Crippen MR) is 63.0 cm³/mol. The van der Waals surface area contributed by atoms with Gasteiger partial charge in [0.25, 0.3) is 0 Å². The molecule has 0 atom stereocenters. The number of carboxylic acid groups (broad SMARTS) is 1. The van der Waals surface area contributed by atoms with Crippen LogP contribution in [0, 0.1) is 0 Å². The van der Waals surface area contributed by atoms with Gasteiger partial charge in [0, 0.05) is 6.42 Å². The molecule has 0 radical (unpaired) electrons. The molecular weight excluding hydrogens is 222 g/mol. The summed E-state index contributed by atoms with van der Waals surface area (Å²) in [6, 6.07) is 4.36. The van der Waals surface area contributed by atoms with E-state index in [4.69, 9.17) is 5.11 Å². The van der Waals surface area contributed by atoms with Gasteiger partial charge in [-0.05, 0) is 24.1 Å². The molecule has 0 aliphatic heterocycles. The number of rotatable bonds is 5. The second kappa shape index (κ2) is 5.89. The number of carboxylic acids is 1. The number of carbonyl (C=O) groups is 2. The Balaban J connectivity index is 2.83. The SMILES string of the molecule is CCCC(=O)Nc1cc(CC(=O)O)ccc1O. The Morgan fingerprint density at radius 3 is 2.65 bits per heavy atom. The minimum Gasteiger partial charge on any atom is -0.506 e. The van der Waals surface area contributed by atoms with E-state index >= 15 is 0 Å². The van der Waals surface area contributed by atoms with Crippen molar-refractivity contribution in [2.24, 2.45) is 0 Å². The summed E-state index contributed by atoms with van der Waals surface area (Å²) in [5, 5.41) is 20.7. The summed E-state index contributed by atoms with van der Waals surface area (Å²) < 4.78 is 0. The molecule has 0 spiro atoms. The molecular formula is C12H15NO4. The zero-order chi connectivity index (χ0) is 12.8. The molecule has 0 heterocycles. The maximum atomic E-state index is 11.4. The summed E-state index contributed by atoms with van der Waals surface area (Å²) in [4.78, 5) is 21.9. The lowest BCUT2D eigenvalue weighted by molar-refractivity contribution is -0.136. The van der Waals surface area contributed by atoms with E-state index in [0.717, 1.165) is 0 Å². The van der Waals surface area contributed by atoms with Crippen molar-refractivity contribution in [3.05, 3.63) is 23.8 Å². The average Bonchev–Trinajstić information content (AvgIpc) is 2.22. The highest BCUT2D eigenvalue weighted by Gasteiger charge is 2.08. The zero-order valence-corrected chi connectivity index (χ0v) is 9.56. The normalized spacial score (nSPS) is 9.94. The Bertz CT molecular complexity index is 429. The molecule has 1 amide bonds. The van der Waals surface area contributed by atoms with Crippen LogP contribution in [0.25, 0.3) is 0 Å². The van der Waals surface area contributed by atoms with Crippen molar-refractivity contribution in [2.75, 3.05) is 5.32 Å². The number of phenolic OH excluding ortho intramolecular Hbond substituents is 1. The molecule has 92 valence electrons. The maximum Gasteiger partial charge on any atom is 0.307 e. The van der Waals surface area contributed by atoms with Crippen molar-refractivity contribution < 1.29 is 19.8 Å². The van der Waals surface area contributed by atoms with Crippen LogP contribution in [0.3, 0.4) is 0 Å². The summed E-state index contributed by atoms with van der Waals surface area (Å²) in [5.41, 5.74) is 0.782. The summed E-state index contributed by atoms with van der Waals surface area (Å²) in [6.07, 6.45) is 0.931. The van der Waals surface area contributed by atoms with Crippen molar-refractivity contribution in [1.82, 2.24) is 0 Å². The van der Waals surface area contributed by atoms with Gasteiger partial charge in [-0.2, -0.15) is 0 Å². The Morgan fingerprint density at radius 1 is 1.35 bits per heavy atom. The molecule has 3 N–H and O–H groups in total. The van der Waals surface area contributed by atoms with Gasteiger partial charge < -0.3 is 15.5 Å². The number of hydrogen-bond acceptors (Lipinski definition) is 3. The number of phenols is 1. The molecule has 5 nitrogen and oxygen atoms in total. The molecule has 0 unspecified atom stereocenters. The number of nitrogens with one attached hydrogen (secondary N) is 1. The van der Waals surface area contributed by atoms with Crippen LogP contribution in [-0.4, -0.2) is 22.1 Å². The first-order chi connectivity index (χ1) is 8.02. The molecule has 1 rings (SSSR count). The lowest BCUT2D eigenvalue weighted by atomic mass is 10.1. The number of carbonyl (C=O) groups excluding carboxylic acids is 1. The van der Waals surface area contributed by atoms with Crippen LogP contribution >= 0.6 is 0 Å². The Hall–Kier alpha value is -2.04. The van der Waals surface area contributed by atoms with E-state index in [0.29, 0.717) is 18.4 Å². The molecule has 0 bridgehead atoms. The van der Waals surface area contributed by atoms with Crippen LogP contribution in [0.4, 0.5) is 5.69 Å². The van der Waals surface area contributed by atoms with Gasteiger partial charge in [0.05, 0.1) is 12.1 Å². The van der Waals surface area contributed by atoms with E-state index < -0.39 is 5.97 Å². The molecule has 17 heavy (non-hydrogen) atoms. The second-order valence-corrected chi connectivity index (χ2v) is 3.72. The van der Waals surface area contributed by atoms with E-state index in [2.05, 4.69) is 5.32 Å². The number of aliphatic carboxylic acids is 1. The quantitative estimate of drug-likeness (QED) is 0.681. The van der Waals surface area contributed by atoms with E-state index in [1.807, 2.05) is 6.92 Å². The van der Waals surface area contributed by atoms with Gasteiger partial charge in [0.1, 0.15) is 5.75 Å². The van der Waals surface area contributed by atoms with Crippen LogP contribution in [0.5, 0.6) is 5.75 Å². The lowest BCUT2D eigenvalue weighted by Gasteiger charge is -2.08. The first-order valence-corrected chi connectivity index (χ1v) is 5.36. The van der Waals surface area contributed by atoms with Gasteiger partial charge in [-0.15, -0.1) is 0 Å². The third-order valence-electron chi connectivity index (χ3n) is 2.17. The zero-order valence-electron chi connectivity index (χ0n) is 9.56. The summed E-state index contributed by atoms with van der Waals surface area (Å²) in [6.45, 7) is 1.88. The van der Waals surface area contributed by atoms with Gasteiger partial charge in [0.2, 0.25) is 5.91 Å². The molecule has 0 aromatic heterocycles. The highest BCUT2D eigenvalue weighted by atomic mass is 16.4. The van der Waals surface area contributed by atoms with Crippen LogP contribution in [-0.2, 0) is 16.0 Å². The fourth-order valence-electron chi connectivity index (χ4n) is 1.41. The fourth-order valence-corrected chi connectivity index (χ4v) is 1.41. The third kappa shape index (κ3) is 4.14. The summed E-state index contributed by atoms with van der Waals surface area (Å²) in [7, 11) is 0. The Kier molecular flexibility index (Phi) is 4.51. The predicted octanol–water partition coefficient (Wildman–Crippen LogP) is 1.76. The maximum absolute atomic E-state index is 11.4. The van der Waals surface area contributed by atoms with Gasteiger partial charge in [-0.1, -0.05) is 13.0 Å². The topological polar surface area (TPSA) is 86.6 Å². The second-order valence-electron chi connectivity index (χ2n) is 3.72. The minimum atomic E-state index is -0.957. The molecule has 0 fully saturated rings. The molecule has 0 aliphatic carbocycles. The Labute approximate surface area is 99.1 Å². The number of anilines is 1. The molecule has 0 aliphatic rings. The standard InChI is InChI=1S/C12H15NO4/c1-2-3-11(15)13-9-6-8(7-12(16)17)4-5-10(9)14/h4-6,14H,2-3,7H2,1H3,(H,13,15)(H,16,17). The summed E-state index contributed by atoms with van der Waals surface area (Å²) in [5.74, 6) is -1.22. The molecule has 1 aromatic carbocycles. The first kappa shape index (κ1) is 13.0. The van der Waals surface area contributed by atoms with Gasteiger partial charge in [-0.3, -0.25) is 9.59 Å². The van der Waals surface area contributed by atoms with Crippen LogP contribution in [0.15, 0.2) is 18.2 Å². The van der Waals surface area contributed by atoms with Crippen LogP contribution in [0.2, 0.25) is 0 Å². The highest BCUT2D eigenvalue weighted by molar-refractivity contribution is 5.92. The Morgan fingerprint density at radius 2 is 2.06 bits per heavy atom. The van der Waals surface area contributed by atoms with E-state index in [1.54, 1.807) is 0 Å². The number of hydrogen-bond donors (Lipinski definition) is 3. The lowest BCUT2D eigenvalue weighted by Crippen LogP contribution is -2.11. The van der Waals surface area contributed by atoms with Crippen molar-refractivity contribution >= 4 is 17.6 Å². The van der Waals surface area contributed by atoms with Gasteiger partial charge in [0.15, 0.2) is 0 Å². The largest absolute Gasteiger partial charge is 0.506 e. The monoisotopic (exact) mass is 237 g/mol. The smallest absolute Gasteiger partial charge is 0.307 e. The summed E-state index contributed by atoms with van der Waals surface area (Å²) >= 11 is 0. The number of benzene rings is 1. The highest BCUT2D eigenvalue weighted by Crippen LogP contribution is 2.24.